The molecule has 0 fully saturated rings. The highest BCUT2D eigenvalue weighted by Gasteiger charge is 2.36. The molecule has 6 rings (SSSR count). The van der Waals surface area contributed by atoms with Crippen LogP contribution in [-0.4, -0.2) is 20.9 Å². The number of Topliss-reactive ketones (excluding diaryl/α,β-unsaturated/α-hetero) is 1. The van der Waals surface area contributed by atoms with Gasteiger partial charge in [-0.25, -0.2) is 4.98 Å². The van der Waals surface area contributed by atoms with Gasteiger partial charge in [0, 0.05) is 29.3 Å². The molecule has 2 N–H and O–H groups in total. The third-order valence-corrected chi connectivity index (χ3v) is 7.50. The summed E-state index contributed by atoms with van der Waals surface area (Å²) in [4.78, 5) is 21.8. The first-order chi connectivity index (χ1) is 15.8. The number of aromatic amines is 1. The Hall–Kier alpha value is -3.44. The standard InChI is InChI=1S/C28H24N2O2S/c1-15-29-27-22(33-15)11-10-19-23(27)25(24-20(31)13-28(2,3)14-21(24)32)26(30-19)18-9-8-16-6-4-5-7-17(16)12-18/h4-12,30-31H,13-14H2,1-3H3. The molecule has 0 unspecified atom stereocenters. The number of aliphatic hydroxyl groups excluding tert-OH is 1. The summed E-state index contributed by atoms with van der Waals surface area (Å²) in [5.74, 6) is 0.152. The van der Waals surface area contributed by atoms with E-state index < -0.39 is 0 Å². The van der Waals surface area contributed by atoms with Gasteiger partial charge >= 0.3 is 0 Å². The van der Waals surface area contributed by atoms with Crippen LogP contribution in [0.5, 0.6) is 0 Å². The molecular formula is C28H24N2O2S. The fourth-order valence-corrected chi connectivity index (χ4v) is 6.00. The van der Waals surface area contributed by atoms with E-state index in [0.29, 0.717) is 18.4 Å². The summed E-state index contributed by atoms with van der Waals surface area (Å²) in [6.45, 7) is 6.05. The Bertz CT molecular complexity index is 1630. The Balaban J connectivity index is 1.73. The van der Waals surface area contributed by atoms with E-state index in [-0.39, 0.29) is 17.0 Å². The topological polar surface area (TPSA) is 66.0 Å². The second-order valence-electron chi connectivity index (χ2n) is 9.77. The molecule has 0 saturated heterocycles. The molecular weight excluding hydrogens is 428 g/mol. The van der Waals surface area contributed by atoms with Gasteiger partial charge in [0.25, 0.3) is 0 Å². The van der Waals surface area contributed by atoms with E-state index in [1.165, 1.54) is 0 Å². The predicted molar refractivity (Wildman–Crippen MR) is 137 cm³/mol. The van der Waals surface area contributed by atoms with Gasteiger partial charge in [-0.2, -0.15) is 0 Å². The van der Waals surface area contributed by atoms with Crippen molar-refractivity contribution in [2.24, 2.45) is 5.41 Å². The predicted octanol–water partition coefficient (Wildman–Crippen LogP) is 7.56. The molecule has 4 nitrogen and oxygen atoms in total. The number of allylic oxidation sites excluding steroid dienone is 2. The number of carbonyl (C=O) groups excluding carboxylic acids is 1. The van der Waals surface area contributed by atoms with Crippen LogP contribution in [0.25, 0.3) is 48.7 Å². The summed E-state index contributed by atoms with van der Waals surface area (Å²) >= 11 is 1.64. The van der Waals surface area contributed by atoms with Gasteiger partial charge in [-0.3, -0.25) is 4.79 Å². The van der Waals surface area contributed by atoms with Crippen molar-refractivity contribution in [1.82, 2.24) is 9.97 Å². The van der Waals surface area contributed by atoms with Gasteiger partial charge in [0.15, 0.2) is 5.78 Å². The zero-order valence-electron chi connectivity index (χ0n) is 18.8. The quantitative estimate of drug-likeness (QED) is 0.290. The number of aliphatic hydroxyl groups is 1. The first-order valence-electron chi connectivity index (χ1n) is 11.2. The summed E-state index contributed by atoms with van der Waals surface area (Å²) in [6, 6.07) is 18.7. The van der Waals surface area contributed by atoms with Crippen LogP contribution >= 0.6 is 11.3 Å². The summed E-state index contributed by atoms with van der Waals surface area (Å²) in [5, 5.41) is 15.3. The Labute approximate surface area is 195 Å². The van der Waals surface area contributed by atoms with E-state index in [1.54, 1.807) is 11.3 Å². The van der Waals surface area contributed by atoms with Gasteiger partial charge in [-0.15, -0.1) is 11.3 Å². The molecule has 33 heavy (non-hydrogen) atoms. The molecule has 0 radical (unpaired) electrons. The van der Waals surface area contributed by atoms with Crippen LogP contribution in [0.4, 0.5) is 0 Å². The van der Waals surface area contributed by atoms with Crippen LogP contribution < -0.4 is 0 Å². The largest absolute Gasteiger partial charge is 0.512 e. The minimum absolute atomic E-state index is 0.0179. The van der Waals surface area contributed by atoms with Gasteiger partial charge < -0.3 is 10.1 Å². The summed E-state index contributed by atoms with van der Waals surface area (Å²) in [5.41, 5.74) is 4.58. The Kier molecular flexibility index (Phi) is 4.30. The monoisotopic (exact) mass is 452 g/mol. The molecule has 2 heterocycles. The molecule has 3 aromatic carbocycles. The van der Waals surface area contributed by atoms with Crippen molar-refractivity contribution >= 4 is 54.6 Å². The number of hydrogen-bond acceptors (Lipinski definition) is 4. The van der Waals surface area contributed by atoms with E-state index in [4.69, 9.17) is 4.98 Å². The third-order valence-electron chi connectivity index (χ3n) is 6.57. The van der Waals surface area contributed by atoms with Crippen molar-refractivity contribution in [3.05, 3.63) is 70.9 Å². The molecule has 0 aliphatic heterocycles. The zero-order valence-corrected chi connectivity index (χ0v) is 19.6. The number of rotatable bonds is 2. The molecule has 0 saturated carbocycles. The molecule has 2 aromatic heterocycles. The lowest BCUT2D eigenvalue weighted by atomic mass is 9.74. The van der Waals surface area contributed by atoms with Crippen LogP contribution in [0.1, 0.15) is 37.3 Å². The highest BCUT2D eigenvalue weighted by molar-refractivity contribution is 7.18. The van der Waals surface area contributed by atoms with E-state index in [9.17, 15) is 9.90 Å². The maximum atomic E-state index is 13.5. The third kappa shape index (κ3) is 3.18. The number of aryl methyl sites for hydroxylation is 1. The first kappa shape index (κ1) is 20.2. The first-order valence-corrected chi connectivity index (χ1v) is 12.0. The van der Waals surface area contributed by atoms with Gasteiger partial charge in [0.1, 0.15) is 5.76 Å². The fourth-order valence-electron chi connectivity index (χ4n) is 5.17. The normalized spacial score (nSPS) is 16.4. The average Bonchev–Trinajstić information content (AvgIpc) is 3.32. The average molecular weight is 453 g/mol. The highest BCUT2D eigenvalue weighted by Crippen LogP contribution is 2.46. The number of nitrogens with one attached hydrogen (secondary N) is 1. The minimum atomic E-state index is -0.258. The lowest BCUT2D eigenvalue weighted by Gasteiger charge is -2.30. The van der Waals surface area contributed by atoms with Crippen LogP contribution in [-0.2, 0) is 4.79 Å². The Morgan fingerprint density at radius 1 is 1.03 bits per heavy atom. The maximum Gasteiger partial charge on any atom is 0.167 e. The molecule has 0 amide bonds. The molecule has 5 heteroatoms. The molecule has 0 atom stereocenters. The van der Waals surface area contributed by atoms with Crippen LogP contribution in [0, 0.1) is 12.3 Å². The van der Waals surface area contributed by atoms with Crippen LogP contribution in [0.15, 0.2) is 60.4 Å². The number of nitrogens with zero attached hydrogens (tertiary/aromatic N) is 1. The molecule has 0 bridgehead atoms. The lowest BCUT2D eigenvalue weighted by molar-refractivity contribution is -0.116. The summed E-state index contributed by atoms with van der Waals surface area (Å²) in [7, 11) is 0. The van der Waals surface area contributed by atoms with Crippen LogP contribution in [0.2, 0.25) is 0 Å². The van der Waals surface area contributed by atoms with E-state index >= 15 is 0 Å². The van der Waals surface area contributed by atoms with Gasteiger partial charge in [0.05, 0.1) is 26.5 Å². The number of thiazole rings is 1. The maximum absolute atomic E-state index is 13.5. The number of carbonyl (C=O) groups is 1. The van der Waals surface area contributed by atoms with E-state index in [2.05, 4.69) is 47.4 Å². The van der Waals surface area contributed by atoms with Crippen LogP contribution in [0.3, 0.4) is 0 Å². The van der Waals surface area contributed by atoms with Crippen molar-refractivity contribution in [2.45, 2.75) is 33.6 Å². The van der Waals surface area contributed by atoms with Crippen molar-refractivity contribution in [2.75, 3.05) is 0 Å². The van der Waals surface area contributed by atoms with Gasteiger partial charge in [-0.05, 0) is 46.9 Å². The number of H-pyrrole nitrogens is 1. The lowest BCUT2D eigenvalue weighted by Crippen LogP contribution is -2.25. The Morgan fingerprint density at radius 2 is 1.82 bits per heavy atom. The molecule has 5 aromatic rings. The highest BCUT2D eigenvalue weighted by atomic mass is 32.1. The van der Waals surface area contributed by atoms with Gasteiger partial charge in [0.2, 0.25) is 0 Å². The van der Waals surface area contributed by atoms with E-state index in [0.717, 1.165) is 53.7 Å². The van der Waals surface area contributed by atoms with Crippen molar-refractivity contribution in [3.63, 3.8) is 0 Å². The number of hydrogen-bond donors (Lipinski definition) is 2. The second-order valence-corrected chi connectivity index (χ2v) is 11.0. The SMILES string of the molecule is Cc1nc2c(ccc3[nH]c(-c4ccc5ccccc5c4)c(C4=C(O)CC(C)(C)CC4=O)c32)s1. The molecule has 1 aliphatic carbocycles. The Morgan fingerprint density at radius 3 is 2.61 bits per heavy atom. The molecule has 164 valence electrons. The molecule has 0 spiro atoms. The number of aromatic nitrogens is 2. The molecule has 1 aliphatic rings. The van der Waals surface area contributed by atoms with Crippen molar-refractivity contribution in [3.8, 4) is 11.3 Å². The second kappa shape index (κ2) is 7.03. The number of benzene rings is 3. The summed E-state index contributed by atoms with van der Waals surface area (Å²) < 4.78 is 1.08. The van der Waals surface area contributed by atoms with Crippen molar-refractivity contribution in [1.29, 1.82) is 0 Å². The van der Waals surface area contributed by atoms with Gasteiger partial charge in [-0.1, -0.05) is 50.2 Å². The van der Waals surface area contributed by atoms with Crippen molar-refractivity contribution < 1.29 is 9.90 Å². The van der Waals surface area contributed by atoms with E-state index in [1.807, 2.05) is 32.9 Å². The smallest absolute Gasteiger partial charge is 0.167 e. The number of fused-ring (bicyclic) bond motifs is 4. The minimum Gasteiger partial charge on any atom is -0.512 e. The zero-order chi connectivity index (χ0) is 22.9. The number of ketones is 1. The fraction of sp³-hybridized carbons (Fsp3) is 0.214. The summed E-state index contributed by atoms with van der Waals surface area (Å²) in [6.07, 6.45) is 0.881.